The van der Waals surface area contributed by atoms with Crippen molar-refractivity contribution in [2.24, 2.45) is 0 Å². The van der Waals surface area contributed by atoms with Gasteiger partial charge in [-0.3, -0.25) is 20.4 Å². The van der Waals surface area contributed by atoms with Crippen LogP contribution in [0.2, 0.25) is 0 Å². The van der Waals surface area contributed by atoms with Crippen molar-refractivity contribution in [3.63, 3.8) is 0 Å². The summed E-state index contributed by atoms with van der Waals surface area (Å²) in [6.45, 7) is 5.72. The van der Waals surface area contributed by atoms with Crippen LogP contribution in [0.15, 0.2) is 42.6 Å². The Kier molecular flexibility index (Phi) is 6.47. The van der Waals surface area contributed by atoms with Crippen LogP contribution >= 0.6 is 0 Å². The Labute approximate surface area is 186 Å². The monoisotopic (exact) mass is 437 g/mol. The number of carbonyl (C=O) groups excluding carboxylic acids is 1. The molecule has 1 heterocycles. The van der Waals surface area contributed by atoms with Gasteiger partial charge in [-0.25, -0.2) is 4.79 Å². The molecule has 0 bridgehead atoms. The highest BCUT2D eigenvalue weighted by Gasteiger charge is 2.16. The molecule has 32 heavy (non-hydrogen) atoms. The molecular formula is C23H27N5O4. The Hall–Kier alpha value is -3.88. The summed E-state index contributed by atoms with van der Waals surface area (Å²) in [5, 5.41) is 19.7. The van der Waals surface area contributed by atoms with Gasteiger partial charge >= 0.3 is 6.09 Å². The SMILES string of the molecule is COc1cc2ncc(=N)n(C(=N)c3ccc(CNC(=O)OC(C)(C)C)cc3)c2cc1OC. The maximum Gasteiger partial charge on any atom is 0.407 e. The van der Waals surface area contributed by atoms with E-state index in [0.29, 0.717) is 34.6 Å². The van der Waals surface area contributed by atoms with Crippen molar-refractivity contribution < 1.29 is 19.0 Å². The van der Waals surface area contributed by atoms with Crippen molar-refractivity contribution in [2.75, 3.05) is 14.2 Å². The van der Waals surface area contributed by atoms with Crippen molar-refractivity contribution in [2.45, 2.75) is 32.9 Å². The summed E-state index contributed by atoms with van der Waals surface area (Å²) in [6, 6.07) is 10.6. The number of rotatable bonds is 5. The Balaban J connectivity index is 1.87. The third-order valence-corrected chi connectivity index (χ3v) is 4.58. The number of benzene rings is 2. The van der Waals surface area contributed by atoms with Crippen LogP contribution < -0.4 is 20.3 Å². The van der Waals surface area contributed by atoms with Crippen molar-refractivity contribution in [3.8, 4) is 11.5 Å². The fourth-order valence-corrected chi connectivity index (χ4v) is 3.10. The minimum Gasteiger partial charge on any atom is -0.493 e. The molecule has 0 spiro atoms. The lowest BCUT2D eigenvalue weighted by Crippen LogP contribution is -2.32. The average molecular weight is 438 g/mol. The second kappa shape index (κ2) is 9.09. The molecule has 0 aliphatic carbocycles. The van der Waals surface area contributed by atoms with Gasteiger partial charge in [0.25, 0.3) is 0 Å². The normalized spacial score (nSPS) is 11.2. The van der Waals surface area contributed by atoms with E-state index in [2.05, 4.69) is 10.3 Å². The van der Waals surface area contributed by atoms with E-state index in [1.807, 2.05) is 12.1 Å². The molecule has 0 unspecified atom stereocenters. The van der Waals surface area contributed by atoms with Gasteiger partial charge in [-0.05, 0) is 26.3 Å². The summed E-state index contributed by atoms with van der Waals surface area (Å²) in [4.78, 5) is 16.1. The molecule has 2 aromatic carbocycles. The topological polar surface area (TPSA) is 122 Å². The summed E-state index contributed by atoms with van der Waals surface area (Å²) in [7, 11) is 3.07. The molecular weight excluding hydrogens is 410 g/mol. The number of amides is 1. The smallest absolute Gasteiger partial charge is 0.407 e. The van der Waals surface area contributed by atoms with E-state index in [1.165, 1.54) is 25.0 Å². The molecule has 3 N–H and O–H groups in total. The van der Waals surface area contributed by atoms with Crippen LogP contribution in [0.25, 0.3) is 11.0 Å². The number of carbonyl (C=O) groups is 1. The molecule has 0 fully saturated rings. The highest BCUT2D eigenvalue weighted by Crippen LogP contribution is 2.30. The summed E-state index contributed by atoms with van der Waals surface area (Å²) in [5.41, 5.74) is 2.08. The molecule has 3 rings (SSSR count). The van der Waals surface area contributed by atoms with E-state index >= 15 is 0 Å². The fourth-order valence-electron chi connectivity index (χ4n) is 3.10. The third kappa shape index (κ3) is 5.05. The van der Waals surface area contributed by atoms with Gasteiger partial charge in [-0.1, -0.05) is 24.3 Å². The van der Waals surface area contributed by atoms with E-state index in [0.717, 1.165) is 5.56 Å². The number of hydrogen-bond donors (Lipinski definition) is 3. The number of methoxy groups -OCH3 is 2. The van der Waals surface area contributed by atoms with Crippen molar-refractivity contribution in [3.05, 3.63) is 59.2 Å². The molecule has 9 heteroatoms. The maximum absolute atomic E-state index is 11.8. The molecule has 3 aromatic rings. The van der Waals surface area contributed by atoms with Gasteiger partial charge in [-0.2, -0.15) is 0 Å². The lowest BCUT2D eigenvalue weighted by Gasteiger charge is -2.19. The number of fused-ring (bicyclic) bond motifs is 1. The van der Waals surface area contributed by atoms with Crippen molar-refractivity contribution in [1.82, 2.24) is 14.9 Å². The first kappa shape index (κ1) is 22.8. The zero-order valence-electron chi connectivity index (χ0n) is 18.8. The van der Waals surface area contributed by atoms with E-state index in [4.69, 9.17) is 25.0 Å². The Morgan fingerprint density at radius 3 is 2.31 bits per heavy atom. The van der Waals surface area contributed by atoms with Crippen molar-refractivity contribution >= 4 is 23.0 Å². The van der Waals surface area contributed by atoms with Crippen molar-refractivity contribution in [1.29, 1.82) is 10.8 Å². The molecule has 1 amide bonds. The number of ether oxygens (including phenoxy) is 3. The predicted molar refractivity (Wildman–Crippen MR) is 120 cm³/mol. The number of nitrogens with zero attached hydrogens (tertiary/aromatic N) is 2. The van der Waals surface area contributed by atoms with Crippen LogP contribution in [0.3, 0.4) is 0 Å². The summed E-state index contributed by atoms with van der Waals surface area (Å²) in [5.74, 6) is 1.11. The first-order valence-corrected chi connectivity index (χ1v) is 9.96. The minimum atomic E-state index is -0.561. The number of nitrogens with one attached hydrogen (secondary N) is 3. The first-order chi connectivity index (χ1) is 15.1. The Bertz CT molecular complexity index is 1210. The summed E-state index contributed by atoms with van der Waals surface area (Å²) < 4.78 is 17.4. The van der Waals surface area contributed by atoms with E-state index in [-0.39, 0.29) is 11.3 Å². The minimum absolute atomic E-state index is 0.0605. The second-order valence-electron chi connectivity index (χ2n) is 8.08. The molecule has 0 saturated carbocycles. The maximum atomic E-state index is 11.8. The number of alkyl carbamates (subject to hydrolysis) is 1. The van der Waals surface area contributed by atoms with Gasteiger partial charge < -0.3 is 19.5 Å². The zero-order valence-corrected chi connectivity index (χ0v) is 18.8. The Morgan fingerprint density at radius 1 is 1.09 bits per heavy atom. The van der Waals surface area contributed by atoms with Crippen LogP contribution in [0.4, 0.5) is 4.79 Å². The zero-order chi connectivity index (χ0) is 23.5. The van der Waals surface area contributed by atoms with E-state index in [9.17, 15) is 4.79 Å². The van der Waals surface area contributed by atoms with Crippen LogP contribution in [-0.4, -0.2) is 41.3 Å². The number of hydrogen-bond acceptors (Lipinski definition) is 7. The van der Waals surface area contributed by atoms with Gasteiger partial charge in [-0.15, -0.1) is 0 Å². The van der Waals surface area contributed by atoms with Gasteiger partial charge in [0.15, 0.2) is 11.5 Å². The molecule has 0 aliphatic rings. The van der Waals surface area contributed by atoms with Gasteiger partial charge in [0.05, 0.1) is 31.4 Å². The first-order valence-electron chi connectivity index (χ1n) is 9.96. The molecule has 9 nitrogen and oxygen atoms in total. The lowest BCUT2D eigenvalue weighted by atomic mass is 10.1. The summed E-state index contributed by atoms with van der Waals surface area (Å²) >= 11 is 0. The van der Waals surface area contributed by atoms with Crippen LogP contribution in [0.5, 0.6) is 11.5 Å². The highest BCUT2D eigenvalue weighted by atomic mass is 16.6. The molecule has 0 atom stereocenters. The summed E-state index contributed by atoms with van der Waals surface area (Å²) in [6.07, 6.45) is 0.901. The second-order valence-corrected chi connectivity index (χ2v) is 8.08. The van der Waals surface area contributed by atoms with Gasteiger partial charge in [0.1, 0.15) is 16.9 Å². The number of aromatic nitrogens is 2. The molecule has 0 aliphatic heterocycles. The molecule has 168 valence electrons. The van der Waals surface area contributed by atoms with Crippen LogP contribution in [0.1, 0.15) is 31.9 Å². The lowest BCUT2D eigenvalue weighted by molar-refractivity contribution is 0.0523. The molecule has 1 aromatic heterocycles. The van der Waals surface area contributed by atoms with Gasteiger partial charge in [0, 0.05) is 24.2 Å². The molecule has 0 radical (unpaired) electrons. The Morgan fingerprint density at radius 2 is 1.72 bits per heavy atom. The largest absolute Gasteiger partial charge is 0.493 e. The standard InChI is InChI=1S/C23H27N5O4/c1-23(2,3)32-22(29)27-12-14-6-8-15(9-7-14)21(25)28-17-11-19(31-5)18(30-4)10-16(17)26-13-20(28)24/h6-11,13,24-25H,12H2,1-5H3,(H,27,29). The van der Waals surface area contributed by atoms with Crippen LogP contribution in [-0.2, 0) is 11.3 Å². The third-order valence-electron chi connectivity index (χ3n) is 4.58. The predicted octanol–water partition coefficient (Wildman–Crippen LogP) is 3.43. The highest BCUT2D eigenvalue weighted by molar-refractivity contribution is 6.02. The molecule has 0 saturated heterocycles. The fraction of sp³-hybridized carbons (Fsp3) is 0.304. The van der Waals surface area contributed by atoms with Crippen LogP contribution in [0, 0.1) is 10.8 Å². The quantitative estimate of drug-likeness (QED) is 0.417. The van der Waals surface area contributed by atoms with Gasteiger partial charge in [0.2, 0.25) is 0 Å². The van der Waals surface area contributed by atoms with E-state index < -0.39 is 11.7 Å². The van der Waals surface area contributed by atoms with E-state index in [1.54, 1.807) is 45.0 Å². The average Bonchev–Trinajstić information content (AvgIpc) is 2.75.